The van der Waals surface area contributed by atoms with E-state index < -0.39 is 59.7 Å². The lowest BCUT2D eigenvalue weighted by atomic mass is 10.0. The first-order valence-corrected chi connectivity index (χ1v) is 23.3. The molecule has 0 saturated heterocycles. The van der Waals surface area contributed by atoms with Gasteiger partial charge in [0.1, 0.15) is 30.2 Å². The minimum atomic E-state index is -1.11. The van der Waals surface area contributed by atoms with Gasteiger partial charge < -0.3 is 61.0 Å². The number of nitrogens with one attached hydrogen (secondary N) is 5. The molecule has 0 aromatic rings. The molecule has 0 spiro atoms. The van der Waals surface area contributed by atoms with E-state index in [9.17, 15) is 28.8 Å². The Labute approximate surface area is 361 Å². The van der Waals surface area contributed by atoms with Gasteiger partial charge in [-0.15, -0.1) is 0 Å². The molecular weight excluding hydrogens is 767 g/mol. The van der Waals surface area contributed by atoms with Crippen molar-refractivity contribution in [3.8, 4) is 0 Å². The molecule has 0 heterocycles. The Hall–Kier alpha value is -3.38. The molecule has 17 nitrogen and oxygen atoms in total. The Bertz CT molecular complexity index is 1160. The average Bonchev–Trinajstić information content (AvgIpc) is 3.23. The van der Waals surface area contributed by atoms with Crippen molar-refractivity contribution in [2.24, 2.45) is 34.4 Å². The highest BCUT2D eigenvalue weighted by atomic mass is 16.2. The molecule has 0 fully saturated rings. The Kier molecular flexibility index (Phi) is 36.4. The van der Waals surface area contributed by atoms with Crippen LogP contribution in [0, 0.1) is 0 Å². The minimum Gasteiger partial charge on any atom is -0.368 e. The summed E-state index contributed by atoms with van der Waals surface area (Å²) in [7, 11) is 0. The summed E-state index contributed by atoms with van der Waals surface area (Å²) in [6.07, 6.45) is 21.7. The van der Waals surface area contributed by atoms with Crippen LogP contribution < -0.4 is 61.0 Å². The minimum absolute atomic E-state index is 0.145. The molecule has 0 radical (unpaired) electrons. The van der Waals surface area contributed by atoms with E-state index in [2.05, 4.69) is 33.5 Å². The van der Waals surface area contributed by atoms with Crippen LogP contribution in [0.25, 0.3) is 0 Å². The van der Waals surface area contributed by atoms with Crippen molar-refractivity contribution in [2.45, 2.75) is 204 Å². The molecule has 0 aromatic heterocycles. The Morgan fingerprint density at radius 1 is 0.350 bits per heavy atom. The molecular formula is C43H87N11O6. The molecule has 6 amide bonds. The van der Waals surface area contributed by atoms with Crippen LogP contribution in [-0.4, -0.2) is 98.4 Å². The summed E-state index contributed by atoms with van der Waals surface area (Å²) in [5, 5.41) is 13.6. The van der Waals surface area contributed by atoms with E-state index in [4.69, 9.17) is 34.4 Å². The number of carbonyl (C=O) groups is 6. The molecule has 5 unspecified atom stereocenters. The fraction of sp³-hybridized carbons (Fsp3) is 0.860. The third-order valence-corrected chi connectivity index (χ3v) is 10.7. The maximum absolute atomic E-state index is 13.8. The van der Waals surface area contributed by atoms with Crippen LogP contribution in [0.5, 0.6) is 0 Å². The number of hydrogen-bond donors (Lipinski definition) is 11. The number of amides is 6. The van der Waals surface area contributed by atoms with E-state index in [1.54, 1.807) is 0 Å². The number of primary amides is 1. The average molecular weight is 854 g/mol. The maximum Gasteiger partial charge on any atom is 0.243 e. The molecule has 17 N–H and O–H groups in total. The summed E-state index contributed by atoms with van der Waals surface area (Å²) in [6.45, 7) is 3.58. The lowest BCUT2D eigenvalue weighted by Crippen LogP contribution is -2.59. The van der Waals surface area contributed by atoms with Gasteiger partial charge in [0.05, 0.1) is 0 Å². The van der Waals surface area contributed by atoms with Gasteiger partial charge in [-0.2, -0.15) is 0 Å². The molecule has 0 bridgehead atoms. The maximum atomic E-state index is 13.8. The first-order chi connectivity index (χ1) is 29.0. The van der Waals surface area contributed by atoms with Gasteiger partial charge >= 0.3 is 0 Å². The predicted molar refractivity (Wildman–Crippen MR) is 240 cm³/mol. The SMILES string of the molecule is CCCCCCCCCCCCCCCCCC(=O)NC(CCCN)C(=O)NC(CCCN)C(=O)NC(CCCN)C(=O)NC(CCCN)C(=O)NC(CCCN)C(N)=O. The van der Waals surface area contributed by atoms with Gasteiger partial charge in [-0.1, -0.05) is 96.8 Å². The molecule has 5 atom stereocenters. The quantitative estimate of drug-likeness (QED) is 0.0394. The molecule has 0 aliphatic rings. The van der Waals surface area contributed by atoms with Crippen molar-refractivity contribution in [1.82, 2.24) is 26.6 Å². The van der Waals surface area contributed by atoms with Crippen LogP contribution in [-0.2, 0) is 28.8 Å². The predicted octanol–water partition coefficient (Wildman–Crippen LogP) is 1.85. The Morgan fingerprint density at radius 3 is 0.883 bits per heavy atom. The Morgan fingerprint density at radius 2 is 0.600 bits per heavy atom. The first kappa shape index (κ1) is 56.6. The topological polar surface area (TPSA) is 319 Å². The number of hydrogen-bond acceptors (Lipinski definition) is 11. The first-order valence-electron chi connectivity index (χ1n) is 23.3. The van der Waals surface area contributed by atoms with E-state index in [1.165, 1.54) is 70.6 Å². The van der Waals surface area contributed by atoms with E-state index in [0.717, 1.165) is 25.7 Å². The second-order valence-corrected chi connectivity index (χ2v) is 16.1. The Balaban J connectivity index is 5.35. The van der Waals surface area contributed by atoms with Crippen molar-refractivity contribution in [3.05, 3.63) is 0 Å². The van der Waals surface area contributed by atoms with Crippen molar-refractivity contribution in [1.29, 1.82) is 0 Å². The molecule has 0 aromatic carbocycles. The lowest BCUT2D eigenvalue weighted by Gasteiger charge is -2.27. The highest BCUT2D eigenvalue weighted by Gasteiger charge is 2.32. The van der Waals surface area contributed by atoms with Gasteiger partial charge in [-0.05, 0) is 103 Å². The largest absolute Gasteiger partial charge is 0.368 e. The van der Waals surface area contributed by atoms with E-state index >= 15 is 0 Å². The van der Waals surface area contributed by atoms with Gasteiger partial charge in [0.15, 0.2) is 0 Å². The van der Waals surface area contributed by atoms with Gasteiger partial charge in [0.25, 0.3) is 0 Å². The lowest BCUT2D eigenvalue weighted by molar-refractivity contribution is -0.135. The normalized spacial score (nSPS) is 13.7. The molecule has 17 heteroatoms. The van der Waals surface area contributed by atoms with Gasteiger partial charge in [0.2, 0.25) is 35.4 Å². The standard InChI is InChI=1S/C43H87N11O6/c1-2-3-4-5-6-7-8-9-10-11-12-13-14-15-16-27-38(55)50-34(23-18-29-45)40(57)52-36(25-20-31-47)42(59)54-37(26-21-32-48)43(60)53-35(24-19-30-46)41(58)51-33(39(49)56)22-17-28-44/h33-37H,2-32,44-48H2,1H3,(H2,49,56)(H,50,55)(H,51,58)(H,52,57)(H,53,60)(H,54,59). The summed E-state index contributed by atoms with van der Waals surface area (Å²) in [5.41, 5.74) is 34.0. The zero-order chi connectivity index (χ0) is 44.8. The fourth-order valence-electron chi connectivity index (χ4n) is 6.98. The summed E-state index contributed by atoms with van der Waals surface area (Å²) in [6, 6.07) is -5.15. The van der Waals surface area contributed by atoms with Crippen molar-refractivity contribution < 1.29 is 28.8 Å². The smallest absolute Gasteiger partial charge is 0.243 e. The van der Waals surface area contributed by atoms with Gasteiger partial charge in [0, 0.05) is 6.42 Å². The van der Waals surface area contributed by atoms with Crippen LogP contribution in [0.3, 0.4) is 0 Å². The molecule has 0 rings (SSSR count). The van der Waals surface area contributed by atoms with E-state index in [1.807, 2.05) is 0 Å². The van der Waals surface area contributed by atoms with Gasteiger partial charge in [-0.25, -0.2) is 0 Å². The molecule has 60 heavy (non-hydrogen) atoms. The fourth-order valence-corrected chi connectivity index (χ4v) is 6.98. The second-order valence-electron chi connectivity index (χ2n) is 16.1. The number of unbranched alkanes of at least 4 members (excludes halogenated alkanes) is 14. The third-order valence-electron chi connectivity index (χ3n) is 10.7. The van der Waals surface area contributed by atoms with Gasteiger partial charge in [-0.3, -0.25) is 28.8 Å². The van der Waals surface area contributed by atoms with Crippen molar-refractivity contribution in [3.63, 3.8) is 0 Å². The van der Waals surface area contributed by atoms with Crippen LogP contribution in [0.1, 0.15) is 174 Å². The van der Waals surface area contributed by atoms with Crippen molar-refractivity contribution in [2.75, 3.05) is 32.7 Å². The zero-order valence-corrected chi connectivity index (χ0v) is 37.2. The van der Waals surface area contributed by atoms with E-state index in [-0.39, 0.29) is 57.6 Å². The monoisotopic (exact) mass is 854 g/mol. The highest BCUT2D eigenvalue weighted by molar-refractivity contribution is 5.96. The second kappa shape index (κ2) is 38.5. The number of carbonyl (C=O) groups excluding carboxylic acids is 6. The zero-order valence-electron chi connectivity index (χ0n) is 37.2. The van der Waals surface area contributed by atoms with E-state index in [0.29, 0.717) is 51.6 Å². The van der Waals surface area contributed by atoms with Crippen LogP contribution in [0.15, 0.2) is 0 Å². The number of nitrogens with two attached hydrogens (primary N) is 6. The summed E-state index contributed by atoms with van der Waals surface area (Å²) < 4.78 is 0. The highest BCUT2D eigenvalue weighted by Crippen LogP contribution is 2.14. The number of rotatable bonds is 41. The van der Waals surface area contributed by atoms with Crippen LogP contribution >= 0.6 is 0 Å². The molecule has 350 valence electrons. The summed E-state index contributed by atoms with van der Waals surface area (Å²) in [4.78, 5) is 79.3. The summed E-state index contributed by atoms with van der Waals surface area (Å²) >= 11 is 0. The molecule has 0 saturated carbocycles. The molecule has 0 aliphatic heterocycles. The molecule has 0 aliphatic carbocycles. The summed E-state index contributed by atoms with van der Waals surface area (Å²) in [5.74, 6) is -3.41. The van der Waals surface area contributed by atoms with Crippen molar-refractivity contribution >= 4 is 35.4 Å². The van der Waals surface area contributed by atoms with Crippen LogP contribution in [0.4, 0.5) is 0 Å². The van der Waals surface area contributed by atoms with Crippen LogP contribution in [0.2, 0.25) is 0 Å². The third kappa shape index (κ3) is 29.0.